The number of anilines is 1. The number of para-hydroxylation sites is 1. The summed E-state index contributed by atoms with van der Waals surface area (Å²) in [4.78, 5) is 16.3. The molecule has 3 aromatic carbocycles. The van der Waals surface area contributed by atoms with Crippen molar-refractivity contribution in [3.05, 3.63) is 123 Å². The maximum Gasteiger partial charge on any atom is 0.287 e. The third-order valence-corrected chi connectivity index (χ3v) is 5.97. The highest BCUT2D eigenvalue weighted by atomic mass is 16.6. The predicted molar refractivity (Wildman–Crippen MR) is 118 cm³/mol. The van der Waals surface area contributed by atoms with Crippen LogP contribution >= 0.6 is 0 Å². The summed E-state index contributed by atoms with van der Waals surface area (Å²) < 4.78 is 0. The van der Waals surface area contributed by atoms with Gasteiger partial charge in [-0.1, -0.05) is 54.6 Å². The number of nitrogens with one attached hydrogen (secondary N) is 1. The Hall–Kier alpha value is -3.73. The number of fused-ring (bicyclic) bond motifs is 2. The number of benzene rings is 3. The molecular formula is C25H21N3O2. The van der Waals surface area contributed by atoms with Crippen LogP contribution in [0.15, 0.2) is 89.7 Å². The molecule has 0 spiro atoms. The Morgan fingerprint density at radius 2 is 1.53 bits per heavy atom. The van der Waals surface area contributed by atoms with Crippen molar-refractivity contribution >= 4 is 11.9 Å². The van der Waals surface area contributed by atoms with Crippen LogP contribution in [-0.4, -0.2) is 11.1 Å². The summed E-state index contributed by atoms with van der Waals surface area (Å²) in [5, 5.41) is 15.6. The molecule has 1 N–H and O–H groups in total. The number of nitrogens with zero attached hydrogens (tertiary/aromatic N) is 2. The lowest BCUT2D eigenvalue weighted by Crippen LogP contribution is -2.40. The molecule has 5 heteroatoms. The van der Waals surface area contributed by atoms with Crippen LogP contribution in [0, 0.1) is 10.1 Å². The van der Waals surface area contributed by atoms with Crippen LogP contribution in [0.4, 0.5) is 5.69 Å². The largest absolute Gasteiger partial charge is 0.357 e. The molecule has 1 atom stereocenters. The van der Waals surface area contributed by atoms with Crippen molar-refractivity contribution in [3.63, 3.8) is 0 Å². The third kappa shape index (κ3) is 3.18. The Bertz CT molecular complexity index is 1180. The fourth-order valence-corrected chi connectivity index (χ4v) is 4.35. The molecule has 1 unspecified atom stereocenters. The topological polar surface area (TPSA) is 67.5 Å². The van der Waals surface area contributed by atoms with Gasteiger partial charge in [-0.25, -0.2) is 0 Å². The predicted octanol–water partition coefficient (Wildman–Crippen LogP) is 5.08. The number of hydrogen-bond donors (Lipinski definition) is 1. The fraction of sp³-hybridized carbons (Fsp3) is 0.160. The van der Waals surface area contributed by atoms with Crippen LogP contribution in [0.25, 0.3) is 0 Å². The van der Waals surface area contributed by atoms with Gasteiger partial charge in [0.05, 0.1) is 12.6 Å². The van der Waals surface area contributed by atoms with Crippen molar-refractivity contribution in [2.45, 2.75) is 24.8 Å². The molecule has 0 saturated carbocycles. The maximum absolute atomic E-state index is 12.3. The highest BCUT2D eigenvalue weighted by molar-refractivity contribution is 5.75. The first-order valence-electron chi connectivity index (χ1n) is 10.0. The summed E-state index contributed by atoms with van der Waals surface area (Å²) in [6, 6.07) is 24.0. The second-order valence-corrected chi connectivity index (χ2v) is 7.89. The van der Waals surface area contributed by atoms with Gasteiger partial charge < -0.3 is 5.32 Å². The fourth-order valence-electron chi connectivity index (χ4n) is 4.35. The van der Waals surface area contributed by atoms with Crippen molar-refractivity contribution in [1.82, 2.24) is 0 Å². The lowest BCUT2D eigenvalue weighted by atomic mass is 9.80. The van der Waals surface area contributed by atoms with Gasteiger partial charge in [0.15, 0.2) is 0 Å². The SMILES string of the molecule is O=[N+]([O-])C1(c2ccc3c(c2)Cc2ccccc2C3)C=NC=C(Nc2ccccc2)C1. The van der Waals surface area contributed by atoms with E-state index in [4.69, 9.17) is 0 Å². The molecule has 0 bridgehead atoms. The molecule has 0 radical (unpaired) electrons. The smallest absolute Gasteiger partial charge is 0.287 e. The van der Waals surface area contributed by atoms with Crippen LogP contribution in [0.1, 0.15) is 34.2 Å². The molecule has 1 aliphatic carbocycles. The highest BCUT2D eigenvalue weighted by Gasteiger charge is 2.46. The molecule has 1 aliphatic heterocycles. The molecule has 148 valence electrons. The summed E-state index contributed by atoms with van der Waals surface area (Å²) in [6.07, 6.45) is 5.04. The van der Waals surface area contributed by atoms with Gasteiger partial charge in [-0.15, -0.1) is 0 Å². The van der Waals surface area contributed by atoms with Crippen LogP contribution in [0.3, 0.4) is 0 Å². The van der Waals surface area contributed by atoms with Gasteiger partial charge in [0.1, 0.15) is 0 Å². The summed E-state index contributed by atoms with van der Waals surface area (Å²) in [6.45, 7) is 0. The quantitative estimate of drug-likeness (QED) is 0.387. The van der Waals surface area contributed by atoms with Crippen molar-refractivity contribution in [2.24, 2.45) is 4.99 Å². The number of nitro groups is 1. The molecule has 0 aromatic heterocycles. The van der Waals surface area contributed by atoms with E-state index in [1.807, 2.05) is 54.6 Å². The molecular weight excluding hydrogens is 374 g/mol. The van der Waals surface area contributed by atoms with Crippen LogP contribution in [0.2, 0.25) is 0 Å². The molecule has 0 saturated heterocycles. The van der Waals surface area contributed by atoms with Gasteiger partial charge >= 0.3 is 0 Å². The van der Waals surface area contributed by atoms with Crippen LogP contribution in [0.5, 0.6) is 0 Å². The van der Waals surface area contributed by atoms with E-state index in [9.17, 15) is 10.1 Å². The van der Waals surface area contributed by atoms with Gasteiger partial charge in [0, 0.05) is 28.1 Å². The van der Waals surface area contributed by atoms with E-state index in [2.05, 4.69) is 28.5 Å². The second-order valence-electron chi connectivity index (χ2n) is 7.89. The first-order chi connectivity index (χ1) is 14.6. The third-order valence-electron chi connectivity index (χ3n) is 5.97. The highest BCUT2D eigenvalue weighted by Crippen LogP contribution is 2.36. The van der Waals surface area contributed by atoms with E-state index in [-0.39, 0.29) is 11.3 Å². The zero-order valence-electron chi connectivity index (χ0n) is 16.4. The van der Waals surface area contributed by atoms with Gasteiger partial charge in [-0.3, -0.25) is 15.1 Å². The maximum atomic E-state index is 12.3. The van der Waals surface area contributed by atoms with Crippen LogP contribution < -0.4 is 5.32 Å². The molecule has 2 aliphatic rings. The number of hydrogen-bond acceptors (Lipinski definition) is 4. The van der Waals surface area contributed by atoms with Gasteiger partial charge in [0.25, 0.3) is 5.54 Å². The zero-order chi connectivity index (χ0) is 20.6. The number of aliphatic imine (C=N–C) groups is 1. The summed E-state index contributed by atoms with van der Waals surface area (Å²) in [5.74, 6) is 0. The van der Waals surface area contributed by atoms with Gasteiger partial charge in [-0.2, -0.15) is 0 Å². The Balaban J connectivity index is 1.48. The first kappa shape index (κ1) is 18.3. The average molecular weight is 395 g/mol. The Labute approximate surface area is 174 Å². The van der Waals surface area contributed by atoms with E-state index in [0.717, 1.165) is 29.8 Å². The van der Waals surface area contributed by atoms with Gasteiger partial charge in [-0.05, 0) is 53.3 Å². The molecule has 1 heterocycles. The van der Waals surface area contributed by atoms with E-state index in [1.54, 1.807) is 6.20 Å². The monoisotopic (exact) mass is 395 g/mol. The molecule has 3 aromatic rings. The van der Waals surface area contributed by atoms with E-state index in [0.29, 0.717) is 5.56 Å². The van der Waals surface area contributed by atoms with Crippen LogP contribution in [-0.2, 0) is 18.4 Å². The Kier molecular flexibility index (Phi) is 4.43. The zero-order valence-corrected chi connectivity index (χ0v) is 16.4. The van der Waals surface area contributed by atoms with Crippen molar-refractivity contribution < 1.29 is 4.92 Å². The standard InChI is InChI=1S/C25H21N3O2/c29-28(30)25(15-24(16-26-17-25)27-23-8-2-1-3-9-23)22-11-10-20-12-18-6-4-5-7-19(18)13-21(20)14-22/h1-11,14,16-17,27H,12-13,15H2. The van der Waals surface area contributed by atoms with E-state index in [1.165, 1.54) is 22.9 Å². The first-order valence-corrected chi connectivity index (χ1v) is 10.0. The molecule has 5 nitrogen and oxygen atoms in total. The lowest BCUT2D eigenvalue weighted by Gasteiger charge is -2.27. The summed E-state index contributed by atoms with van der Waals surface area (Å²) >= 11 is 0. The summed E-state index contributed by atoms with van der Waals surface area (Å²) in [5.41, 5.74) is 5.94. The second kappa shape index (κ2) is 7.26. The normalized spacial score (nSPS) is 19.4. The summed E-state index contributed by atoms with van der Waals surface area (Å²) in [7, 11) is 0. The molecule has 0 amide bonds. The van der Waals surface area contributed by atoms with E-state index >= 15 is 0 Å². The lowest BCUT2D eigenvalue weighted by molar-refractivity contribution is -0.554. The molecule has 0 fully saturated rings. The van der Waals surface area contributed by atoms with Crippen molar-refractivity contribution in [2.75, 3.05) is 5.32 Å². The number of rotatable bonds is 4. The Morgan fingerprint density at radius 1 is 0.867 bits per heavy atom. The Morgan fingerprint density at radius 3 is 2.27 bits per heavy atom. The minimum atomic E-state index is -1.38. The van der Waals surface area contributed by atoms with E-state index < -0.39 is 5.54 Å². The average Bonchev–Trinajstić information content (AvgIpc) is 2.78. The van der Waals surface area contributed by atoms with Crippen molar-refractivity contribution in [3.8, 4) is 0 Å². The minimum Gasteiger partial charge on any atom is -0.357 e. The molecule has 30 heavy (non-hydrogen) atoms. The van der Waals surface area contributed by atoms with Gasteiger partial charge in [0.2, 0.25) is 0 Å². The minimum absolute atomic E-state index is 0.214. The molecule has 5 rings (SSSR count). The van der Waals surface area contributed by atoms with Crippen molar-refractivity contribution in [1.29, 1.82) is 0 Å².